The number of hydrogen-bond acceptors (Lipinski definition) is 6. The fourth-order valence-corrected chi connectivity index (χ4v) is 1.97. The molecule has 1 aliphatic heterocycles. The highest BCUT2D eigenvalue weighted by atomic mass is 16.5. The lowest BCUT2D eigenvalue weighted by Crippen LogP contribution is -2.14. The molecule has 1 aliphatic rings. The third kappa shape index (κ3) is 1.96. The summed E-state index contributed by atoms with van der Waals surface area (Å²) in [5, 5.41) is 16.0. The smallest absolute Gasteiger partial charge is 0.276 e. The Morgan fingerprint density at radius 2 is 2.39 bits per heavy atom. The Kier molecular flexibility index (Phi) is 2.74. The largest absolute Gasteiger partial charge is 0.332 e. The standard InChI is InChI=1S/C12H11N5O/c13-6-8-3-4-10(15-7-8)12-16-11(17-18-12)9-2-1-5-14-9/h3-4,7,9,14H,1-2,5H2. The molecule has 6 heteroatoms. The molecule has 2 aromatic rings. The van der Waals surface area contributed by atoms with Crippen LogP contribution >= 0.6 is 0 Å². The van der Waals surface area contributed by atoms with Gasteiger partial charge in [-0.25, -0.2) is 4.98 Å². The Balaban J connectivity index is 1.85. The minimum absolute atomic E-state index is 0.181. The van der Waals surface area contributed by atoms with E-state index < -0.39 is 0 Å². The molecule has 0 aromatic carbocycles. The van der Waals surface area contributed by atoms with Gasteiger partial charge in [0.25, 0.3) is 5.89 Å². The highest BCUT2D eigenvalue weighted by Crippen LogP contribution is 2.23. The van der Waals surface area contributed by atoms with Crippen molar-refractivity contribution in [3.63, 3.8) is 0 Å². The second-order valence-electron chi connectivity index (χ2n) is 4.15. The van der Waals surface area contributed by atoms with E-state index >= 15 is 0 Å². The van der Waals surface area contributed by atoms with E-state index in [0.29, 0.717) is 23.0 Å². The topological polar surface area (TPSA) is 87.6 Å². The number of nitrogens with zero attached hydrogens (tertiary/aromatic N) is 4. The van der Waals surface area contributed by atoms with Crippen molar-refractivity contribution in [3.8, 4) is 17.7 Å². The monoisotopic (exact) mass is 241 g/mol. The van der Waals surface area contributed by atoms with E-state index in [9.17, 15) is 0 Å². The summed E-state index contributed by atoms with van der Waals surface area (Å²) in [4.78, 5) is 8.45. The van der Waals surface area contributed by atoms with Gasteiger partial charge in [0.15, 0.2) is 5.82 Å². The van der Waals surface area contributed by atoms with Crippen molar-refractivity contribution in [2.24, 2.45) is 0 Å². The van der Waals surface area contributed by atoms with Crippen molar-refractivity contribution >= 4 is 0 Å². The molecule has 2 aromatic heterocycles. The van der Waals surface area contributed by atoms with E-state index in [4.69, 9.17) is 9.78 Å². The molecule has 0 radical (unpaired) electrons. The molecule has 0 amide bonds. The number of hydrogen-bond donors (Lipinski definition) is 1. The molecular formula is C12H11N5O. The normalized spacial score (nSPS) is 18.7. The van der Waals surface area contributed by atoms with Crippen molar-refractivity contribution in [2.45, 2.75) is 18.9 Å². The fraction of sp³-hybridized carbons (Fsp3) is 0.333. The van der Waals surface area contributed by atoms with Gasteiger partial charge in [-0.3, -0.25) is 0 Å². The summed E-state index contributed by atoms with van der Waals surface area (Å²) in [5.74, 6) is 1.07. The third-order valence-electron chi connectivity index (χ3n) is 2.93. The lowest BCUT2D eigenvalue weighted by molar-refractivity contribution is 0.411. The zero-order valence-corrected chi connectivity index (χ0v) is 9.63. The van der Waals surface area contributed by atoms with Crippen molar-refractivity contribution < 1.29 is 4.52 Å². The van der Waals surface area contributed by atoms with Crippen LogP contribution in [-0.2, 0) is 0 Å². The first-order valence-electron chi connectivity index (χ1n) is 5.80. The Bertz CT molecular complexity index is 577. The van der Waals surface area contributed by atoms with Crippen molar-refractivity contribution in [1.29, 1.82) is 5.26 Å². The molecule has 0 bridgehead atoms. The van der Waals surface area contributed by atoms with Gasteiger partial charge in [0.05, 0.1) is 11.6 Å². The summed E-state index contributed by atoms with van der Waals surface area (Å²) in [6.45, 7) is 0.990. The highest BCUT2D eigenvalue weighted by molar-refractivity contribution is 5.47. The maximum absolute atomic E-state index is 8.70. The molecule has 6 nitrogen and oxygen atoms in total. The third-order valence-corrected chi connectivity index (χ3v) is 2.93. The highest BCUT2D eigenvalue weighted by Gasteiger charge is 2.22. The molecule has 3 heterocycles. The molecule has 1 atom stereocenters. The predicted octanol–water partition coefficient (Wildman–Crippen LogP) is 1.43. The van der Waals surface area contributed by atoms with Crippen LogP contribution in [-0.4, -0.2) is 21.7 Å². The molecule has 0 saturated carbocycles. The zero-order chi connectivity index (χ0) is 12.4. The molecule has 1 saturated heterocycles. The van der Waals surface area contributed by atoms with Crippen LogP contribution in [0, 0.1) is 11.3 Å². The number of rotatable bonds is 2. The summed E-state index contributed by atoms with van der Waals surface area (Å²) in [7, 11) is 0. The second-order valence-corrected chi connectivity index (χ2v) is 4.15. The van der Waals surface area contributed by atoms with Gasteiger partial charge in [-0.05, 0) is 31.5 Å². The maximum atomic E-state index is 8.70. The molecular weight excluding hydrogens is 230 g/mol. The van der Waals surface area contributed by atoms with Crippen molar-refractivity contribution in [1.82, 2.24) is 20.4 Å². The molecule has 0 spiro atoms. The summed E-state index contributed by atoms with van der Waals surface area (Å²) < 4.78 is 5.19. The first kappa shape index (κ1) is 10.9. The minimum Gasteiger partial charge on any atom is -0.332 e. The van der Waals surface area contributed by atoms with Crippen molar-refractivity contribution in [2.75, 3.05) is 6.54 Å². The van der Waals surface area contributed by atoms with E-state index in [-0.39, 0.29) is 6.04 Å². The van der Waals surface area contributed by atoms with Crippen LogP contribution < -0.4 is 5.32 Å². The quantitative estimate of drug-likeness (QED) is 0.855. The van der Waals surface area contributed by atoms with E-state index in [1.807, 2.05) is 6.07 Å². The van der Waals surface area contributed by atoms with Crippen LogP contribution in [0.5, 0.6) is 0 Å². The number of nitriles is 1. The Labute approximate surface area is 104 Å². The lowest BCUT2D eigenvalue weighted by Gasteiger charge is -2.01. The van der Waals surface area contributed by atoms with Crippen molar-refractivity contribution in [3.05, 3.63) is 29.7 Å². The van der Waals surface area contributed by atoms with Crippen LogP contribution in [0.3, 0.4) is 0 Å². The summed E-state index contributed by atoms with van der Waals surface area (Å²) in [6.07, 6.45) is 3.65. The van der Waals surface area contributed by atoms with E-state index in [1.165, 1.54) is 6.20 Å². The van der Waals surface area contributed by atoms with Gasteiger partial charge in [-0.1, -0.05) is 5.16 Å². The van der Waals surface area contributed by atoms with Gasteiger partial charge in [0.1, 0.15) is 11.8 Å². The number of nitrogens with one attached hydrogen (secondary N) is 1. The van der Waals surface area contributed by atoms with Gasteiger partial charge < -0.3 is 9.84 Å². The number of pyridine rings is 1. The first-order chi connectivity index (χ1) is 8.86. The Morgan fingerprint density at radius 3 is 3.06 bits per heavy atom. The van der Waals surface area contributed by atoms with E-state index in [2.05, 4.69) is 20.4 Å². The average Bonchev–Trinajstić information content (AvgIpc) is 3.09. The van der Waals surface area contributed by atoms with Gasteiger partial charge in [0.2, 0.25) is 0 Å². The molecule has 1 N–H and O–H groups in total. The fourth-order valence-electron chi connectivity index (χ4n) is 1.97. The van der Waals surface area contributed by atoms with Gasteiger partial charge in [-0.15, -0.1) is 0 Å². The average molecular weight is 241 g/mol. The summed E-state index contributed by atoms with van der Waals surface area (Å²) in [5.41, 5.74) is 1.10. The second kappa shape index (κ2) is 4.55. The minimum atomic E-state index is 0.181. The van der Waals surface area contributed by atoms with E-state index in [1.54, 1.807) is 12.1 Å². The molecule has 1 fully saturated rings. The molecule has 18 heavy (non-hydrogen) atoms. The maximum Gasteiger partial charge on any atom is 0.276 e. The van der Waals surface area contributed by atoms with Crippen LogP contribution in [0.4, 0.5) is 0 Å². The summed E-state index contributed by atoms with van der Waals surface area (Å²) in [6, 6.07) is 5.58. The Morgan fingerprint density at radius 1 is 1.44 bits per heavy atom. The van der Waals surface area contributed by atoms with Gasteiger partial charge >= 0.3 is 0 Å². The molecule has 0 aliphatic carbocycles. The molecule has 3 rings (SSSR count). The molecule has 90 valence electrons. The lowest BCUT2D eigenvalue weighted by atomic mass is 10.2. The van der Waals surface area contributed by atoms with Crippen LogP contribution in [0.1, 0.15) is 30.3 Å². The molecule has 1 unspecified atom stereocenters. The Hall–Kier alpha value is -2.26. The van der Waals surface area contributed by atoms with Crippen LogP contribution in [0.2, 0.25) is 0 Å². The number of aromatic nitrogens is 3. The van der Waals surface area contributed by atoms with E-state index in [0.717, 1.165) is 19.4 Å². The summed E-state index contributed by atoms with van der Waals surface area (Å²) >= 11 is 0. The SMILES string of the molecule is N#Cc1ccc(-c2nc(C3CCCN3)no2)nc1. The van der Waals surface area contributed by atoms with Crippen LogP contribution in [0.25, 0.3) is 11.6 Å². The van der Waals surface area contributed by atoms with Crippen LogP contribution in [0.15, 0.2) is 22.9 Å². The van der Waals surface area contributed by atoms with Gasteiger partial charge in [0, 0.05) is 6.20 Å². The first-order valence-corrected chi connectivity index (χ1v) is 5.80. The predicted molar refractivity (Wildman–Crippen MR) is 62.2 cm³/mol. The van der Waals surface area contributed by atoms with Gasteiger partial charge in [-0.2, -0.15) is 10.2 Å². The zero-order valence-electron chi connectivity index (χ0n) is 9.63.